The van der Waals surface area contributed by atoms with E-state index in [0.717, 1.165) is 22.5 Å². The van der Waals surface area contributed by atoms with Crippen molar-refractivity contribution in [1.82, 2.24) is 0 Å². The van der Waals surface area contributed by atoms with Gasteiger partial charge in [-0.05, 0) is 67.4 Å². The summed E-state index contributed by atoms with van der Waals surface area (Å²) in [6, 6.07) is 22.8. The molecule has 3 aromatic rings. The van der Waals surface area contributed by atoms with Gasteiger partial charge in [-0.15, -0.1) is 0 Å². The van der Waals surface area contributed by atoms with E-state index in [2.05, 4.69) is 10.3 Å². The van der Waals surface area contributed by atoms with Gasteiger partial charge in [0.2, 0.25) is 0 Å². The summed E-state index contributed by atoms with van der Waals surface area (Å²) in [7, 11) is 0. The minimum absolute atomic E-state index is 0.106. The Bertz CT molecular complexity index is 984. The van der Waals surface area contributed by atoms with Crippen molar-refractivity contribution in [3.63, 3.8) is 0 Å². The molecule has 0 spiro atoms. The molecule has 0 heterocycles. The number of para-hydroxylation sites is 1. The number of anilines is 1. The molecule has 0 fully saturated rings. The highest BCUT2D eigenvalue weighted by atomic mass is 16.5. The molecule has 5 nitrogen and oxygen atoms in total. The number of aryl methyl sites for hydroxylation is 1. The Morgan fingerprint density at radius 3 is 2.55 bits per heavy atom. The van der Waals surface area contributed by atoms with Crippen LogP contribution < -0.4 is 14.8 Å². The zero-order valence-corrected chi connectivity index (χ0v) is 16.6. The predicted molar refractivity (Wildman–Crippen MR) is 117 cm³/mol. The monoisotopic (exact) mass is 388 g/mol. The number of ether oxygens (including phenoxy) is 2. The number of rotatable bonds is 8. The lowest BCUT2D eigenvalue weighted by atomic mass is 10.2. The predicted octanol–water partition coefficient (Wildman–Crippen LogP) is 5.16. The molecule has 29 heavy (non-hydrogen) atoms. The van der Waals surface area contributed by atoms with E-state index in [1.807, 2.05) is 80.6 Å². The van der Waals surface area contributed by atoms with Crippen molar-refractivity contribution in [2.24, 2.45) is 4.99 Å². The van der Waals surface area contributed by atoms with Gasteiger partial charge in [-0.1, -0.05) is 30.3 Å². The van der Waals surface area contributed by atoms with Crippen molar-refractivity contribution >= 4 is 23.5 Å². The highest BCUT2D eigenvalue weighted by Crippen LogP contribution is 2.28. The zero-order valence-electron chi connectivity index (χ0n) is 16.6. The summed E-state index contributed by atoms with van der Waals surface area (Å²) >= 11 is 0. The van der Waals surface area contributed by atoms with Crippen molar-refractivity contribution in [2.45, 2.75) is 13.8 Å². The maximum absolute atomic E-state index is 12.2. The molecular formula is C24H24N2O3. The molecule has 0 bridgehead atoms. The Labute approximate surface area is 171 Å². The molecule has 3 aromatic carbocycles. The molecule has 0 aliphatic carbocycles. The minimum Gasteiger partial charge on any atom is -0.490 e. The molecule has 0 radical (unpaired) electrons. The second-order valence-corrected chi connectivity index (χ2v) is 6.44. The van der Waals surface area contributed by atoms with E-state index in [0.29, 0.717) is 18.1 Å². The number of benzene rings is 3. The number of hydrogen-bond acceptors (Lipinski definition) is 4. The molecule has 0 atom stereocenters. The van der Waals surface area contributed by atoms with Gasteiger partial charge < -0.3 is 14.8 Å². The third-order valence-corrected chi connectivity index (χ3v) is 4.05. The van der Waals surface area contributed by atoms with Crippen LogP contribution in [0.1, 0.15) is 18.1 Å². The number of nitrogens with one attached hydrogen (secondary N) is 1. The summed E-state index contributed by atoms with van der Waals surface area (Å²) in [5.74, 6) is 0.865. The molecule has 0 aliphatic heterocycles. The van der Waals surface area contributed by atoms with E-state index in [-0.39, 0.29) is 12.5 Å². The van der Waals surface area contributed by atoms with Crippen LogP contribution in [0.4, 0.5) is 11.4 Å². The molecule has 0 aliphatic rings. The van der Waals surface area contributed by atoms with Crippen molar-refractivity contribution in [2.75, 3.05) is 18.5 Å². The highest BCUT2D eigenvalue weighted by molar-refractivity contribution is 5.92. The fourth-order valence-electron chi connectivity index (χ4n) is 2.72. The van der Waals surface area contributed by atoms with Crippen molar-refractivity contribution in [1.29, 1.82) is 0 Å². The summed E-state index contributed by atoms with van der Waals surface area (Å²) in [6.07, 6.45) is 1.77. The summed E-state index contributed by atoms with van der Waals surface area (Å²) in [5, 5.41) is 2.83. The van der Waals surface area contributed by atoms with E-state index in [9.17, 15) is 4.79 Å². The second kappa shape index (κ2) is 10.1. The number of carbonyl (C=O) groups excluding carboxylic acids is 1. The van der Waals surface area contributed by atoms with Gasteiger partial charge in [-0.3, -0.25) is 9.79 Å². The van der Waals surface area contributed by atoms with Gasteiger partial charge in [0.15, 0.2) is 18.1 Å². The quantitative estimate of drug-likeness (QED) is 0.542. The van der Waals surface area contributed by atoms with Gasteiger partial charge in [0.1, 0.15) is 0 Å². The Morgan fingerprint density at radius 2 is 1.79 bits per heavy atom. The molecule has 148 valence electrons. The van der Waals surface area contributed by atoms with Crippen LogP contribution in [0.2, 0.25) is 0 Å². The highest BCUT2D eigenvalue weighted by Gasteiger charge is 2.09. The van der Waals surface area contributed by atoms with Crippen LogP contribution in [0.3, 0.4) is 0 Å². The maximum atomic E-state index is 12.2. The van der Waals surface area contributed by atoms with Gasteiger partial charge in [0.25, 0.3) is 5.91 Å². The molecular weight excluding hydrogens is 364 g/mol. The summed E-state index contributed by atoms with van der Waals surface area (Å²) in [5.41, 5.74) is 3.58. The maximum Gasteiger partial charge on any atom is 0.262 e. The fourth-order valence-corrected chi connectivity index (χ4v) is 2.72. The van der Waals surface area contributed by atoms with Crippen LogP contribution in [0.25, 0.3) is 0 Å². The van der Waals surface area contributed by atoms with E-state index >= 15 is 0 Å². The fraction of sp³-hybridized carbons (Fsp3) is 0.167. The number of carbonyl (C=O) groups is 1. The number of nitrogens with zero attached hydrogens (tertiary/aromatic N) is 1. The standard InChI is InChI=1S/C24H24N2O3/c1-3-28-23-15-19(16-25-20-9-5-4-6-10-20)12-13-22(23)29-17-24(27)26-21-11-7-8-18(2)14-21/h4-16H,3,17H2,1-2H3,(H,26,27). The molecule has 0 aromatic heterocycles. The summed E-state index contributed by atoms with van der Waals surface area (Å²) in [4.78, 5) is 16.6. The lowest BCUT2D eigenvalue weighted by Gasteiger charge is -2.13. The molecule has 1 N–H and O–H groups in total. The smallest absolute Gasteiger partial charge is 0.262 e. The lowest BCUT2D eigenvalue weighted by Crippen LogP contribution is -2.20. The minimum atomic E-state index is -0.229. The first-order valence-corrected chi connectivity index (χ1v) is 9.49. The van der Waals surface area contributed by atoms with Crippen LogP contribution in [0.15, 0.2) is 77.8 Å². The van der Waals surface area contributed by atoms with E-state index in [1.165, 1.54) is 0 Å². The summed E-state index contributed by atoms with van der Waals surface area (Å²) < 4.78 is 11.4. The average Bonchev–Trinajstić information content (AvgIpc) is 2.72. The van der Waals surface area contributed by atoms with Crippen molar-refractivity contribution < 1.29 is 14.3 Å². The number of hydrogen-bond donors (Lipinski definition) is 1. The molecule has 0 unspecified atom stereocenters. The molecule has 0 saturated carbocycles. The Morgan fingerprint density at radius 1 is 0.966 bits per heavy atom. The topological polar surface area (TPSA) is 59.9 Å². The first-order valence-electron chi connectivity index (χ1n) is 9.49. The Hall–Kier alpha value is -3.60. The largest absolute Gasteiger partial charge is 0.490 e. The molecule has 5 heteroatoms. The Kier molecular flexibility index (Phi) is 7.00. The third-order valence-electron chi connectivity index (χ3n) is 4.05. The van der Waals surface area contributed by atoms with Crippen LogP contribution in [-0.2, 0) is 4.79 Å². The SMILES string of the molecule is CCOc1cc(C=Nc2ccccc2)ccc1OCC(=O)Nc1cccc(C)c1. The second-order valence-electron chi connectivity index (χ2n) is 6.44. The van der Waals surface area contributed by atoms with E-state index in [1.54, 1.807) is 12.3 Å². The van der Waals surface area contributed by atoms with Crippen molar-refractivity contribution in [3.05, 3.63) is 83.9 Å². The summed E-state index contributed by atoms with van der Waals surface area (Å²) in [6.45, 7) is 4.26. The zero-order chi connectivity index (χ0) is 20.5. The average molecular weight is 388 g/mol. The molecule has 1 amide bonds. The molecule has 3 rings (SSSR count). The van der Waals surface area contributed by atoms with Gasteiger partial charge >= 0.3 is 0 Å². The molecule has 0 saturated heterocycles. The van der Waals surface area contributed by atoms with Gasteiger partial charge in [0, 0.05) is 11.9 Å². The third kappa shape index (κ3) is 6.21. The Balaban J connectivity index is 1.65. The van der Waals surface area contributed by atoms with Gasteiger partial charge in [0.05, 0.1) is 12.3 Å². The van der Waals surface area contributed by atoms with Crippen molar-refractivity contribution in [3.8, 4) is 11.5 Å². The number of amides is 1. The van der Waals surface area contributed by atoms with Gasteiger partial charge in [-0.2, -0.15) is 0 Å². The van der Waals surface area contributed by atoms with E-state index < -0.39 is 0 Å². The van der Waals surface area contributed by atoms with Crippen LogP contribution >= 0.6 is 0 Å². The lowest BCUT2D eigenvalue weighted by molar-refractivity contribution is -0.118. The van der Waals surface area contributed by atoms with Crippen LogP contribution in [0, 0.1) is 6.92 Å². The number of aliphatic imine (C=N–C) groups is 1. The van der Waals surface area contributed by atoms with Crippen LogP contribution in [-0.4, -0.2) is 25.3 Å². The first kappa shape index (κ1) is 20.1. The first-order chi connectivity index (χ1) is 14.1. The van der Waals surface area contributed by atoms with E-state index in [4.69, 9.17) is 9.47 Å². The van der Waals surface area contributed by atoms with Crippen LogP contribution in [0.5, 0.6) is 11.5 Å². The van der Waals surface area contributed by atoms with Gasteiger partial charge in [-0.25, -0.2) is 0 Å². The normalized spacial score (nSPS) is 10.7.